The molecule has 6 nitrogen and oxygen atoms in total. The molecule has 5 rings (SSSR count). The molecule has 1 aliphatic carbocycles. The van der Waals surface area contributed by atoms with Crippen LogP contribution in [0.15, 0.2) is 60.8 Å². The minimum atomic E-state index is -0.114. The molecular weight excluding hydrogens is 384 g/mol. The third kappa shape index (κ3) is 4.14. The molecule has 0 spiro atoms. The highest BCUT2D eigenvalue weighted by Crippen LogP contribution is 2.42. The second kappa shape index (κ2) is 7.67. The molecule has 0 bridgehead atoms. The van der Waals surface area contributed by atoms with Crippen molar-refractivity contribution in [1.82, 2.24) is 14.8 Å². The lowest BCUT2D eigenvalue weighted by atomic mass is 10.2. The van der Waals surface area contributed by atoms with E-state index in [1.165, 1.54) is 24.2 Å². The Bertz CT molecular complexity index is 1150. The lowest BCUT2D eigenvalue weighted by Crippen LogP contribution is -2.18. The molecule has 0 atom stereocenters. The van der Waals surface area contributed by atoms with E-state index in [1.54, 1.807) is 0 Å². The van der Waals surface area contributed by atoms with Gasteiger partial charge in [0.1, 0.15) is 23.9 Å². The first-order chi connectivity index (χ1) is 14.2. The van der Waals surface area contributed by atoms with Gasteiger partial charge in [-0.2, -0.15) is 0 Å². The van der Waals surface area contributed by atoms with Crippen molar-refractivity contribution in [2.45, 2.75) is 31.9 Å². The monoisotopic (exact) mass is 404 g/mol. The highest BCUT2D eigenvalue weighted by atomic mass is 32.1. The predicted octanol–water partition coefficient (Wildman–Crippen LogP) is 4.59. The molecule has 2 heterocycles. The molecule has 2 aromatic heterocycles. The summed E-state index contributed by atoms with van der Waals surface area (Å²) < 4.78 is 7.85. The van der Waals surface area contributed by atoms with Crippen molar-refractivity contribution in [3.8, 4) is 5.75 Å². The zero-order valence-corrected chi connectivity index (χ0v) is 16.6. The summed E-state index contributed by atoms with van der Waals surface area (Å²) in [7, 11) is 0. The van der Waals surface area contributed by atoms with Crippen LogP contribution in [0.2, 0.25) is 0 Å². The van der Waals surface area contributed by atoms with E-state index in [-0.39, 0.29) is 12.5 Å². The number of hydrogen-bond donors (Lipinski definition) is 1. The number of amides is 1. The number of aromatic nitrogens is 3. The first kappa shape index (κ1) is 17.9. The Morgan fingerprint density at radius 3 is 2.83 bits per heavy atom. The van der Waals surface area contributed by atoms with Crippen molar-refractivity contribution in [3.63, 3.8) is 0 Å². The summed E-state index contributed by atoms with van der Waals surface area (Å²) in [6.45, 7) is 0.720. The minimum absolute atomic E-state index is 0.114. The molecule has 2 aromatic carbocycles. The minimum Gasteiger partial charge on any atom is -0.489 e. The van der Waals surface area contributed by atoms with E-state index in [1.807, 2.05) is 65.4 Å². The molecule has 7 heteroatoms. The molecule has 0 unspecified atom stereocenters. The van der Waals surface area contributed by atoms with Gasteiger partial charge in [-0.3, -0.25) is 10.1 Å². The molecule has 4 aromatic rings. The van der Waals surface area contributed by atoms with E-state index in [0.717, 1.165) is 27.2 Å². The Morgan fingerprint density at radius 2 is 2.00 bits per heavy atom. The third-order valence-electron chi connectivity index (χ3n) is 4.92. The average Bonchev–Trinajstić information content (AvgIpc) is 3.37. The molecule has 146 valence electrons. The Morgan fingerprint density at radius 1 is 1.14 bits per heavy atom. The van der Waals surface area contributed by atoms with Crippen molar-refractivity contribution < 1.29 is 9.53 Å². The van der Waals surface area contributed by atoms with Crippen molar-refractivity contribution >= 4 is 33.3 Å². The van der Waals surface area contributed by atoms with Crippen LogP contribution in [0.25, 0.3) is 10.9 Å². The smallest absolute Gasteiger partial charge is 0.246 e. The number of hydrogen-bond acceptors (Lipinski definition) is 5. The first-order valence-corrected chi connectivity index (χ1v) is 10.4. The molecule has 1 saturated carbocycles. The number of rotatable bonds is 7. The Labute approximate surface area is 172 Å². The quantitative estimate of drug-likeness (QED) is 0.489. The normalized spacial score (nSPS) is 13.5. The molecule has 0 aliphatic heterocycles. The van der Waals surface area contributed by atoms with Gasteiger partial charge in [0.2, 0.25) is 11.0 Å². The van der Waals surface area contributed by atoms with Crippen molar-refractivity contribution in [2.75, 3.05) is 5.32 Å². The van der Waals surface area contributed by atoms with E-state index in [4.69, 9.17) is 4.74 Å². The highest BCUT2D eigenvalue weighted by Gasteiger charge is 2.27. The fourth-order valence-electron chi connectivity index (χ4n) is 3.23. The van der Waals surface area contributed by atoms with Crippen LogP contribution >= 0.6 is 11.3 Å². The number of anilines is 1. The van der Waals surface area contributed by atoms with Crippen LogP contribution in [-0.2, 0) is 17.9 Å². The number of carbonyl (C=O) groups is 1. The van der Waals surface area contributed by atoms with Crippen molar-refractivity contribution in [2.24, 2.45) is 0 Å². The number of nitrogens with one attached hydrogen (secondary N) is 1. The van der Waals surface area contributed by atoms with Gasteiger partial charge in [0.05, 0.1) is 5.52 Å². The van der Waals surface area contributed by atoms with Gasteiger partial charge in [0.25, 0.3) is 0 Å². The van der Waals surface area contributed by atoms with Gasteiger partial charge in [-0.1, -0.05) is 41.7 Å². The molecule has 29 heavy (non-hydrogen) atoms. The summed E-state index contributed by atoms with van der Waals surface area (Å²) in [6.07, 6.45) is 4.26. The number of carbonyl (C=O) groups excluding carboxylic acids is 1. The van der Waals surface area contributed by atoms with E-state index in [9.17, 15) is 4.79 Å². The van der Waals surface area contributed by atoms with Gasteiger partial charge in [0.15, 0.2) is 0 Å². The van der Waals surface area contributed by atoms with Gasteiger partial charge in [-0.25, -0.2) is 0 Å². The average molecular weight is 404 g/mol. The van der Waals surface area contributed by atoms with Crippen LogP contribution in [0.4, 0.5) is 5.13 Å². The van der Waals surface area contributed by atoms with Crippen LogP contribution in [0.3, 0.4) is 0 Å². The fraction of sp³-hybridized carbons (Fsp3) is 0.227. The van der Waals surface area contributed by atoms with Crippen molar-refractivity contribution in [1.29, 1.82) is 0 Å². The van der Waals surface area contributed by atoms with Gasteiger partial charge in [0, 0.05) is 18.2 Å². The zero-order valence-electron chi connectivity index (χ0n) is 15.7. The van der Waals surface area contributed by atoms with E-state index in [2.05, 4.69) is 15.5 Å². The summed E-state index contributed by atoms with van der Waals surface area (Å²) in [5.41, 5.74) is 2.08. The fourth-order valence-corrected chi connectivity index (χ4v) is 4.15. The summed E-state index contributed by atoms with van der Waals surface area (Å²) in [6, 6.07) is 18.0. The zero-order chi connectivity index (χ0) is 19.6. The van der Waals surface area contributed by atoms with Crippen LogP contribution in [0.5, 0.6) is 5.75 Å². The van der Waals surface area contributed by atoms with Gasteiger partial charge < -0.3 is 9.30 Å². The van der Waals surface area contributed by atoms with E-state index in [0.29, 0.717) is 17.7 Å². The number of nitrogens with zero attached hydrogens (tertiary/aromatic N) is 3. The standard InChI is InChI=1S/C22H20N4O2S/c27-20(23-22-25-24-21(29-22)17-6-7-17)13-26-11-10-16-8-9-18(12-19(16)26)28-14-15-4-2-1-3-5-15/h1-5,8-12,17H,6-7,13-14H2,(H,23,25,27). The maximum Gasteiger partial charge on any atom is 0.246 e. The molecule has 0 saturated heterocycles. The Kier molecular flexibility index (Phi) is 4.73. The number of benzene rings is 2. The third-order valence-corrected chi connectivity index (χ3v) is 5.92. The highest BCUT2D eigenvalue weighted by molar-refractivity contribution is 7.15. The number of fused-ring (bicyclic) bond motifs is 1. The van der Waals surface area contributed by atoms with Crippen LogP contribution in [-0.4, -0.2) is 20.7 Å². The van der Waals surface area contributed by atoms with Gasteiger partial charge >= 0.3 is 0 Å². The maximum atomic E-state index is 12.5. The Balaban J connectivity index is 1.27. The molecule has 1 N–H and O–H groups in total. The molecule has 1 amide bonds. The number of ether oxygens (including phenoxy) is 1. The van der Waals surface area contributed by atoms with Crippen LogP contribution < -0.4 is 10.1 Å². The van der Waals surface area contributed by atoms with E-state index < -0.39 is 0 Å². The summed E-state index contributed by atoms with van der Waals surface area (Å²) in [5.74, 6) is 1.21. The first-order valence-electron chi connectivity index (χ1n) is 9.63. The summed E-state index contributed by atoms with van der Waals surface area (Å²) in [5, 5.41) is 13.8. The van der Waals surface area contributed by atoms with Gasteiger partial charge in [-0.15, -0.1) is 10.2 Å². The second-order valence-corrected chi connectivity index (χ2v) is 8.22. The molecule has 1 fully saturated rings. The van der Waals surface area contributed by atoms with Crippen LogP contribution in [0, 0.1) is 0 Å². The summed E-state index contributed by atoms with van der Waals surface area (Å²) >= 11 is 1.47. The molecule has 0 radical (unpaired) electrons. The SMILES string of the molecule is O=C(Cn1ccc2ccc(OCc3ccccc3)cc21)Nc1nnc(C2CC2)s1. The van der Waals surface area contributed by atoms with E-state index >= 15 is 0 Å². The predicted molar refractivity (Wildman–Crippen MR) is 113 cm³/mol. The largest absolute Gasteiger partial charge is 0.489 e. The Hall–Kier alpha value is -3.19. The summed E-state index contributed by atoms with van der Waals surface area (Å²) in [4.78, 5) is 12.5. The van der Waals surface area contributed by atoms with Crippen molar-refractivity contribution in [3.05, 3.63) is 71.4 Å². The van der Waals surface area contributed by atoms with Crippen LogP contribution in [0.1, 0.15) is 29.3 Å². The molecular formula is C22H20N4O2S. The second-order valence-electron chi connectivity index (χ2n) is 7.21. The lowest BCUT2D eigenvalue weighted by molar-refractivity contribution is -0.116. The lowest BCUT2D eigenvalue weighted by Gasteiger charge is -2.09. The maximum absolute atomic E-state index is 12.5. The topological polar surface area (TPSA) is 69.0 Å². The van der Waals surface area contributed by atoms with Gasteiger partial charge in [-0.05, 0) is 42.0 Å². The molecule has 1 aliphatic rings.